The third-order valence-electron chi connectivity index (χ3n) is 2.27. The van der Waals surface area contributed by atoms with E-state index in [2.05, 4.69) is 10.6 Å². The number of amides is 2. The number of nitrogens with one attached hydrogen (secondary N) is 2. The first-order chi connectivity index (χ1) is 7.99. The number of hydrogen-bond acceptors (Lipinski definition) is 3. The van der Waals surface area contributed by atoms with Crippen molar-refractivity contribution in [2.45, 2.75) is 26.4 Å². The first kappa shape index (κ1) is 13.0. The molecule has 2 N–H and O–H groups in total. The van der Waals surface area contributed by atoms with Crippen LogP contribution in [0.3, 0.4) is 0 Å². The van der Waals surface area contributed by atoms with Gasteiger partial charge in [0.25, 0.3) is 0 Å². The molecular formula is C12H15N2O3-. The molecule has 17 heavy (non-hydrogen) atoms. The van der Waals surface area contributed by atoms with E-state index < -0.39 is 18.0 Å². The number of benzene rings is 1. The summed E-state index contributed by atoms with van der Waals surface area (Å²) in [6.45, 7) is 3.68. The van der Waals surface area contributed by atoms with Gasteiger partial charge in [-0.05, 0) is 19.4 Å². The number of carboxylic acids is 1. The molecule has 5 heteroatoms. The van der Waals surface area contributed by atoms with Gasteiger partial charge in [-0.3, -0.25) is 0 Å². The van der Waals surface area contributed by atoms with Crippen molar-refractivity contribution >= 4 is 12.0 Å². The molecule has 1 atom stereocenters. The second-order valence-corrected chi connectivity index (χ2v) is 3.85. The lowest BCUT2D eigenvalue weighted by Gasteiger charge is -2.15. The third kappa shape index (κ3) is 4.55. The fourth-order valence-electron chi connectivity index (χ4n) is 1.19. The zero-order valence-corrected chi connectivity index (χ0v) is 9.82. The van der Waals surface area contributed by atoms with Crippen molar-refractivity contribution in [3.8, 4) is 0 Å². The predicted molar refractivity (Wildman–Crippen MR) is 61.0 cm³/mol. The van der Waals surface area contributed by atoms with Crippen LogP contribution in [-0.2, 0) is 11.3 Å². The average Bonchev–Trinajstić information content (AvgIpc) is 2.28. The van der Waals surface area contributed by atoms with Crippen molar-refractivity contribution < 1.29 is 14.7 Å². The van der Waals surface area contributed by atoms with Gasteiger partial charge in [-0.15, -0.1) is 0 Å². The molecule has 0 aliphatic carbocycles. The van der Waals surface area contributed by atoms with Crippen molar-refractivity contribution in [3.05, 3.63) is 35.4 Å². The minimum Gasteiger partial charge on any atom is -0.548 e. The Hall–Kier alpha value is -2.04. The lowest BCUT2D eigenvalue weighted by Crippen LogP contribution is -2.49. The highest BCUT2D eigenvalue weighted by molar-refractivity contribution is 5.81. The van der Waals surface area contributed by atoms with E-state index in [0.717, 1.165) is 11.1 Å². The lowest BCUT2D eigenvalue weighted by molar-refractivity contribution is -0.307. The fourth-order valence-corrected chi connectivity index (χ4v) is 1.19. The molecule has 0 heterocycles. The molecule has 0 saturated heterocycles. The highest BCUT2D eigenvalue weighted by Gasteiger charge is 2.06. The summed E-state index contributed by atoms with van der Waals surface area (Å²) in [5, 5.41) is 15.2. The standard InChI is InChI=1S/C12H16N2O3/c1-8-3-5-10(6-4-8)7-13-12(17)14-9(2)11(15)16/h3-6,9H,7H2,1-2H3,(H,15,16)(H2,13,14,17)/p-1/t9-/m1/s1. The van der Waals surface area contributed by atoms with Crippen LogP contribution in [0.2, 0.25) is 0 Å². The van der Waals surface area contributed by atoms with Crippen LogP contribution < -0.4 is 15.7 Å². The summed E-state index contributed by atoms with van der Waals surface area (Å²) >= 11 is 0. The Morgan fingerprint density at radius 1 is 1.29 bits per heavy atom. The minimum atomic E-state index is -1.31. The van der Waals surface area contributed by atoms with Gasteiger partial charge in [0.05, 0.1) is 12.0 Å². The molecule has 0 saturated carbocycles. The molecule has 1 aromatic carbocycles. The van der Waals surface area contributed by atoms with Crippen LogP contribution in [0.4, 0.5) is 4.79 Å². The fraction of sp³-hybridized carbons (Fsp3) is 0.333. The summed E-state index contributed by atoms with van der Waals surface area (Å²) in [5.41, 5.74) is 2.09. The van der Waals surface area contributed by atoms with E-state index in [9.17, 15) is 14.7 Å². The van der Waals surface area contributed by atoms with Crippen LogP contribution in [0, 0.1) is 6.92 Å². The zero-order chi connectivity index (χ0) is 12.8. The molecule has 0 unspecified atom stereocenters. The van der Waals surface area contributed by atoms with E-state index in [4.69, 9.17) is 0 Å². The van der Waals surface area contributed by atoms with Crippen molar-refractivity contribution in [2.75, 3.05) is 0 Å². The van der Waals surface area contributed by atoms with Crippen LogP contribution >= 0.6 is 0 Å². The maximum atomic E-state index is 11.3. The van der Waals surface area contributed by atoms with Gasteiger partial charge in [0.1, 0.15) is 0 Å². The summed E-state index contributed by atoms with van der Waals surface area (Å²) < 4.78 is 0. The molecule has 0 fully saturated rings. The van der Waals surface area contributed by atoms with Crippen LogP contribution in [-0.4, -0.2) is 18.0 Å². The molecule has 0 aliphatic rings. The molecule has 92 valence electrons. The van der Waals surface area contributed by atoms with Gasteiger partial charge in [0.2, 0.25) is 0 Å². The summed E-state index contributed by atoms with van der Waals surface area (Å²) in [4.78, 5) is 21.7. The monoisotopic (exact) mass is 235 g/mol. The second kappa shape index (κ2) is 5.89. The Labute approximate surface area is 99.8 Å². The number of rotatable bonds is 4. The highest BCUT2D eigenvalue weighted by Crippen LogP contribution is 2.02. The van der Waals surface area contributed by atoms with Crippen molar-refractivity contribution in [2.24, 2.45) is 0 Å². The van der Waals surface area contributed by atoms with Crippen molar-refractivity contribution in [1.82, 2.24) is 10.6 Å². The summed E-state index contributed by atoms with van der Waals surface area (Å²) in [6, 6.07) is 6.16. The van der Waals surface area contributed by atoms with E-state index in [-0.39, 0.29) is 0 Å². The normalized spacial score (nSPS) is 11.6. The van der Waals surface area contributed by atoms with Crippen LogP contribution in [0.15, 0.2) is 24.3 Å². The van der Waals surface area contributed by atoms with E-state index >= 15 is 0 Å². The Kier molecular flexibility index (Phi) is 4.51. The molecular weight excluding hydrogens is 220 g/mol. The molecule has 0 aromatic heterocycles. The number of hydrogen-bond donors (Lipinski definition) is 2. The number of aliphatic carboxylic acids is 1. The molecule has 0 bridgehead atoms. The highest BCUT2D eigenvalue weighted by atomic mass is 16.4. The number of carboxylic acid groups (broad SMARTS) is 1. The van der Waals surface area contributed by atoms with Crippen LogP contribution in [0.5, 0.6) is 0 Å². The molecule has 1 aromatic rings. The van der Waals surface area contributed by atoms with E-state index in [1.54, 1.807) is 0 Å². The smallest absolute Gasteiger partial charge is 0.315 e. The first-order valence-corrected chi connectivity index (χ1v) is 5.30. The average molecular weight is 235 g/mol. The summed E-state index contributed by atoms with van der Waals surface area (Å²) in [7, 11) is 0. The van der Waals surface area contributed by atoms with Crippen molar-refractivity contribution in [1.29, 1.82) is 0 Å². The molecule has 2 amide bonds. The number of urea groups is 1. The maximum absolute atomic E-state index is 11.3. The largest absolute Gasteiger partial charge is 0.548 e. The molecule has 0 aliphatic heterocycles. The maximum Gasteiger partial charge on any atom is 0.315 e. The third-order valence-corrected chi connectivity index (χ3v) is 2.27. The van der Waals surface area contributed by atoms with Gasteiger partial charge in [-0.1, -0.05) is 29.8 Å². The minimum absolute atomic E-state index is 0.353. The predicted octanol–water partition coefficient (Wildman–Crippen LogP) is -0.0674. The van der Waals surface area contributed by atoms with E-state index in [0.29, 0.717) is 6.54 Å². The van der Waals surface area contributed by atoms with Gasteiger partial charge < -0.3 is 20.5 Å². The Morgan fingerprint density at radius 3 is 2.41 bits per heavy atom. The molecule has 1 rings (SSSR count). The van der Waals surface area contributed by atoms with Crippen LogP contribution in [0.25, 0.3) is 0 Å². The Bertz CT molecular complexity index is 401. The SMILES string of the molecule is Cc1ccc(CNC(=O)N[C@H](C)C(=O)[O-])cc1. The van der Waals surface area contributed by atoms with Crippen LogP contribution in [0.1, 0.15) is 18.1 Å². The summed E-state index contributed by atoms with van der Waals surface area (Å²) in [5.74, 6) is -1.31. The van der Waals surface area contributed by atoms with Gasteiger partial charge in [0.15, 0.2) is 0 Å². The Balaban J connectivity index is 2.38. The topological polar surface area (TPSA) is 81.3 Å². The van der Waals surface area contributed by atoms with Gasteiger partial charge in [0, 0.05) is 6.54 Å². The lowest BCUT2D eigenvalue weighted by atomic mass is 10.1. The Morgan fingerprint density at radius 2 is 1.88 bits per heavy atom. The van der Waals surface area contributed by atoms with E-state index in [1.807, 2.05) is 31.2 Å². The number of carbonyl (C=O) groups excluding carboxylic acids is 2. The van der Waals surface area contributed by atoms with Gasteiger partial charge in [-0.2, -0.15) is 0 Å². The number of aryl methyl sites for hydroxylation is 1. The van der Waals surface area contributed by atoms with E-state index in [1.165, 1.54) is 6.92 Å². The summed E-state index contributed by atoms with van der Waals surface area (Å²) in [6.07, 6.45) is 0. The van der Waals surface area contributed by atoms with Gasteiger partial charge in [-0.25, -0.2) is 4.79 Å². The number of carbonyl (C=O) groups is 2. The van der Waals surface area contributed by atoms with Gasteiger partial charge >= 0.3 is 6.03 Å². The van der Waals surface area contributed by atoms with Crippen molar-refractivity contribution in [3.63, 3.8) is 0 Å². The molecule has 5 nitrogen and oxygen atoms in total. The zero-order valence-electron chi connectivity index (χ0n) is 9.82. The first-order valence-electron chi connectivity index (χ1n) is 5.30. The molecule has 0 radical (unpaired) electrons. The quantitative estimate of drug-likeness (QED) is 0.766. The molecule has 0 spiro atoms. The second-order valence-electron chi connectivity index (χ2n) is 3.85.